The molecule has 1 saturated heterocycles. The zero-order chi connectivity index (χ0) is 20.5. The molecule has 2 amide bonds. The van der Waals surface area contributed by atoms with Gasteiger partial charge in [0.25, 0.3) is 0 Å². The number of likely N-dealkylation sites (tertiary alicyclic amines) is 1. The third kappa shape index (κ3) is 4.64. The molecule has 3 rings (SSSR count). The quantitative estimate of drug-likeness (QED) is 0.736. The molecule has 154 valence electrons. The van der Waals surface area contributed by atoms with Crippen LogP contribution in [0.4, 0.5) is 18.9 Å². The molecule has 0 bridgehead atoms. The summed E-state index contributed by atoms with van der Waals surface area (Å²) < 4.78 is 43.3. The molecule has 9 heteroatoms. The second kappa shape index (κ2) is 8.08. The first-order valence-corrected chi connectivity index (χ1v) is 9.18. The van der Waals surface area contributed by atoms with E-state index in [4.69, 9.17) is 4.74 Å². The van der Waals surface area contributed by atoms with Gasteiger partial charge in [-0.05, 0) is 37.0 Å². The van der Waals surface area contributed by atoms with Gasteiger partial charge in [0.05, 0.1) is 18.7 Å². The second-order valence-electron chi connectivity index (χ2n) is 7.46. The molecular weight excluding hydrogens is 375 g/mol. The molecule has 4 atom stereocenters. The number of hydrogen-bond acceptors (Lipinski definition) is 4. The molecule has 1 aromatic rings. The Hall–Kier alpha value is -2.13. The predicted octanol–water partition coefficient (Wildman–Crippen LogP) is 1.97. The number of anilines is 1. The summed E-state index contributed by atoms with van der Waals surface area (Å²) in [5, 5.41) is 4.97. The van der Waals surface area contributed by atoms with Gasteiger partial charge >= 0.3 is 6.18 Å². The summed E-state index contributed by atoms with van der Waals surface area (Å²) in [5.74, 6) is -0.230. The standard InChI is InChI=1S/C19H24F3N3O3/c1-11(10-28-2)25-8-14-15(9-25)17(14)18(27)23-7-16(26)24-13-5-3-4-12(6-13)19(20,21)22/h3-6,11,14-15,17H,7-10H2,1-2H3,(H,23,27)(H,24,26)/t11?,14-,15+,17?. The number of carbonyl (C=O) groups is 2. The monoisotopic (exact) mass is 399 g/mol. The van der Waals surface area contributed by atoms with Crippen molar-refractivity contribution >= 4 is 17.5 Å². The van der Waals surface area contributed by atoms with Crippen LogP contribution in [-0.2, 0) is 20.5 Å². The topological polar surface area (TPSA) is 70.7 Å². The number of methoxy groups -OCH3 is 1. The highest BCUT2D eigenvalue weighted by atomic mass is 19.4. The van der Waals surface area contributed by atoms with Crippen LogP contribution in [0.3, 0.4) is 0 Å². The second-order valence-corrected chi connectivity index (χ2v) is 7.46. The summed E-state index contributed by atoms with van der Waals surface area (Å²) >= 11 is 0. The molecule has 0 aromatic heterocycles. The van der Waals surface area contributed by atoms with Crippen LogP contribution >= 0.6 is 0 Å². The summed E-state index contributed by atoms with van der Waals surface area (Å²) in [6.45, 7) is 4.13. The number of amides is 2. The van der Waals surface area contributed by atoms with Gasteiger partial charge < -0.3 is 15.4 Å². The molecule has 0 radical (unpaired) electrons. The lowest BCUT2D eigenvalue weighted by Gasteiger charge is -2.25. The molecule has 2 fully saturated rings. The minimum atomic E-state index is -4.48. The molecule has 1 aliphatic carbocycles. The number of piperidine rings is 1. The Morgan fingerprint density at radius 2 is 1.96 bits per heavy atom. The number of rotatable bonds is 7. The lowest BCUT2D eigenvalue weighted by molar-refractivity contribution is -0.137. The van der Waals surface area contributed by atoms with E-state index in [0.717, 1.165) is 25.2 Å². The number of nitrogens with zero attached hydrogens (tertiary/aromatic N) is 1. The predicted molar refractivity (Wildman–Crippen MR) is 96.5 cm³/mol. The molecule has 28 heavy (non-hydrogen) atoms. The van der Waals surface area contributed by atoms with Crippen molar-refractivity contribution in [1.82, 2.24) is 10.2 Å². The Morgan fingerprint density at radius 1 is 1.29 bits per heavy atom. The maximum absolute atomic E-state index is 12.7. The van der Waals surface area contributed by atoms with E-state index in [1.807, 2.05) is 0 Å². The Balaban J connectivity index is 1.42. The molecule has 2 N–H and O–H groups in total. The Kier molecular flexibility index (Phi) is 5.95. The normalized spacial score (nSPS) is 25.1. The summed E-state index contributed by atoms with van der Waals surface area (Å²) in [6, 6.07) is 4.69. The van der Waals surface area contributed by atoms with Crippen molar-refractivity contribution in [2.45, 2.75) is 19.1 Å². The smallest absolute Gasteiger partial charge is 0.383 e. The number of hydrogen-bond donors (Lipinski definition) is 2. The summed E-state index contributed by atoms with van der Waals surface area (Å²) in [5.41, 5.74) is -0.799. The maximum Gasteiger partial charge on any atom is 0.416 e. The van der Waals surface area contributed by atoms with Crippen molar-refractivity contribution in [3.8, 4) is 0 Å². The summed E-state index contributed by atoms with van der Waals surface area (Å²) in [4.78, 5) is 26.5. The van der Waals surface area contributed by atoms with Gasteiger partial charge in [-0.2, -0.15) is 13.2 Å². The van der Waals surface area contributed by atoms with Crippen LogP contribution in [0.15, 0.2) is 24.3 Å². The van der Waals surface area contributed by atoms with Crippen LogP contribution in [-0.4, -0.2) is 56.1 Å². The van der Waals surface area contributed by atoms with E-state index in [2.05, 4.69) is 22.5 Å². The average molecular weight is 399 g/mol. The zero-order valence-electron chi connectivity index (χ0n) is 15.8. The zero-order valence-corrected chi connectivity index (χ0v) is 15.8. The number of fused-ring (bicyclic) bond motifs is 1. The minimum absolute atomic E-state index is 0.0418. The highest BCUT2D eigenvalue weighted by Gasteiger charge is 2.59. The van der Waals surface area contributed by atoms with Gasteiger partial charge in [-0.1, -0.05) is 6.07 Å². The lowest BCUT2D eigenvalue weighted by atomic mass is 10.2. The van der Waals surface area contributed by atoms with Crippen molar-refractivity contribution in [2.75, 3.05) is 38.7 Å². The van der Waals surface area contributed by atoms with Gasteiger partial charge in [-0.25, -0.2) is 0 Å². The van der Waals surface area contributed by atoms with Gasteiger partial charge in [0.1, 0.15) is 0 Å². The van der Waals surface area contributed by atoms with Crippen molar-refractivity contribution < 1.29 is 27.5 Å². The molecule has 1 aliphatic heterocycles. The SMILES string of the molecule is COCC(C)N1C[C@@H]2C(C(=O)NCC(=O)Nc3cccc(C(F)(F)F)c3)[C@@H]2C1. The van der Waals surface area contributed by atoms with Crippen molar-refractivity contribution in [3.05, 3.63) is 29.8 Å². The van der Waals surface area contributed by atoms with Crippen LogP contribution in [0, 0.1) is 17.8 Å². The van der Waals surface area contributed by atoms with Gasteiger partial charge in [-0.3, -0.25) is 14.5 Å². The van der Waals surface area contributed by atoms with Crippen LogP contribution in [0.5, 0.6) is 0 Å². The van der Waals surface area contributed by atoms with Crippen molar-refractivity contribution in [3.63, 3.8) is 0 Å². The number of benzene rings is 1. The number of ether oxygens (including phenoxy) is 1. The first-order valence-electron chi connectivity index (χ1n) is 9.18. The van der Waals surface area contributed by atoms with Crippen molar-refractivity contribution in [2.24, 2.45) is 17.8 Å². The molecule has 1 aromatic carbocycles. The fourth-order valence-corrected chi connectivity index (χ4v) is 3.92. The Morgan fingerprint density at radius 3 is 2.57 bits per heavy atom. The third-order valence-corrected chi connectivity index (χ3v) is 5.45. The van der Waals surface area contributed by atoms with Gasteiger partial charge in [-0.15, -0.1) is 0 Å². The molecule has 1 saturated carbocycles. The van der Waals surface area contributed by atoms with E-state index in [1.165, 1.54) is 12.1 Å². The maximum atomic E-state index is 12.7. The van der Waals surface area contributed by atoms with E-state index in [-0.39, 0.29) is 24.1 Å². The highest BCUT2D eigenvalue weighted by molar-refractivity contribution is 5.95. The van der Waals surface area contributed by atoms with E-state index < -0.39 is 17.6 Å². The van der Waals surface area contributed by atoms with Crippen LogP contribution < -0.4 is 10.6 Å². The molecule has 0 spiro atoms. The van der Waals surface area contributed by atoms with Crippen molar-refractivity contribution in [1.29, 1.82) is 0 Å². The molecular formula is C19H24F3N3O3. The first kappa shape index (κ1) is 20.6. The van der Waals surface area contributed by atoms with Crippen LogP contribution in [0.25, 0.3) is 0 Å². The average Bonchev–Trinajstić information content (AvgIpc) is 3.13. The number of alkyl halides is 3. The number of halogens is 3. The molecule has 6 nitrogen and oxygen atoms in total. The summed E-state index contributed by atoms with van der Waals surface area (Å²) in [7, 11) is 1.66. The minimum Gasteiger partial charge on any atom is -0.383 e. The molecule has 2 unspecified atom stereocenters. The highest BCUT2D eigenvalue weighted by Crippen LogP contribution is 2.52. The van der Waals surface area contributed by atoms with E-state index in [0.29, 0.717) is 24.5 Å². The number of carbonyl (C=O) groups excluding carboxylic acids is 2. The summed E-state index contributed by atoms with van der Waals surface area (Å²) in [6.07, 6.45) is -4.48. The van der Waals surface area contributed by atoms with E-state index >= 15 is 0 Å². The molecule has 2 aliphatic rings. The molecule has 1 heterocycles. The first-order chi connectivity index (χ1) is 13.2. The van der Waals surface area contributed by atoms with Crippen LogP contribution in [0.1, 0.15) is 12.5 Å². The van der Waals surface area contributed by atoms with Crippen LogP contribution in [0.2, 0.25) is 0 Å². The lowest BCUT2D eigenvalue weighted by Crippen LogP contribution is -2.39. The Bertz CT molecular complexity index is 729. The van der Waals surface area contributed by atoms with Gasteiger partial charge in [0.2, 0.25) is 11.8 Å². The largest absolute Gasteiger partial charge is 0.416 e. The number of nitrogens with one attached hydrogen (secondary N) is 2. The van der Waals surface area contributed by atoms with E-state index in [9.17, 15) is 22.8 Å². The van der Waals surface area contributed by atoms with Gasteiger partial charge in [0, 0.05) is 37.8 Å². The third-order valence-electron chi connectivity index (χ3n) is 5.45. The fourth-order valence-electron chi connectivity index (χ4n) is 3.92. The van der Waals surface area contributed by atoms with Gasteiger partial charge in [0.15, 0.2) is 0 Å². The Labute approximate surface area is 161 Å². The van der Waals surface area contributed by atoms with E-state index in [1.54, 1.807) is 7.11 Å². The fraction of sp³-hybridized carbons (Fsp3) is 0.579.